The van der Waals surface area contributed by atoms with E-state index >= 15 is 0 Å². The molecule has 1 N–H and O–H groups in total. The van der Waals surface area contributed by atoms with Gasteiger partial charge in [0.25, 0.3) is 0 Å². The van der Waals surface area contributed by atoms with Crippen molar-refractivity contribution in [3.8, 4) is 11.3 Å². The Kier molecular flexibility index (Phi) is 5.02. The first kappa shape index (κ1) is 18.7. The number of carbonyl (C=O) groups is 1. The molecule has 2 aromatic heterocycles. The molecule has 2 heterocycles. The van der Waals surface area contributed by atoms with E-state index in [0.29, 0.717) is 23.4 Å². The third kappa shape index (κ3) is 4.36. The van der Waals surface area contributed by atoms with Crippen LogP contribution in [0.2, 0.25) is 0 Å². The average Bonchev–Trinajstić information content (AvgIpc) is 3.19. The molecule has 0 saturated heterocycles. The molecule has 142 valence electrons. The fourth-order valence-corrected chi connectivity index (χ4v) is 2.60. The van der Waals surface area contributed by atoms with E-state index < -0.39 is 11.7 Å². The molecular formula is C18H16F3N3O3. The molecular weight excluding hydrogens is 363 g/mol. The summed E-state index contributed by atoms with van der Waals surface area (Å²) < 4.78 is 47.9. The van der Waals surface area contributed by atoms with Crippen LogP contribution in [0.15, 0.2) is 39.4 Å². The number of amides is 1. The second kappa shape index (κ2) is 7.26. The number of aryl methyl sites for hydroxylation is 2. The number of halogens is 3. The van der Waals surface area contributed by atoms with Gasteiger partial charge in [-0.15, -0.1) is 0 Å². The first-order chi connectivity index (χ1) is 12.7. The molecule has 0 aliphatic carbocycles. The number of carbonyl (C=O) groups excluding carboxylic acids is 1. The van der Waals surface area contributed by atoms with Crippen molar-refractivity contribution in [1.82, 2.24) is 10.3 Å². The van der Waals surface area contributed by atoms with Crippen LogP contribution in [-0.2, 0) is 17.4 Å². The van der Waals surface area contributed by atoms with E-state index in [4.69, 9.17) is 9.05 Å². The Labute approximate surface area is 152 Å². The summed E-state index contributed by atoms with van der Waals surface area (Å²) >= 11 is 0. The zero-order chi connectivity index (χ0) is 19.6. The molecule has 1 aromatic carbocycles. The molecule has 3 rings (SSSR count). The molecule has 27 heavy (non-hydrogen) atoms. The number of nitrogens with zero attached hydrogens (tertiary/aromatic N) is 2. The Morgan fingerprint density at radius 3 is 2.41 bits per heavy atom. The molecule has 3 aromatic rings. The first-order valence-corrected chi connectivity index (χ1v) is 8.10. The summed E-state index contributed by atoms with van der Waals surface area (Å²) in [5.74, 6) is 0.503. The van der Waals surface area contributed by atoms with Gasteiger partial charge in [0.15, 0.2) is 0 Å². The molecule has 1 amide bonds. The Morgan fingerprint density at radius 1 is 1.11 bits per heavy atom. The van der Waals surface area contributed by atoms with Crippen LogP contribution >= 0.6 is 0 Å². The molecule has 0 fully saturated rings. The van der Waals surface area contributed by atoms with Crippen molar-refractivity contribution >= 4 is 11.8 Å². The molecule has 0 aliphatic rings. The predicted molar refractivity (Wildman–Crippen MR) is 89.9 cm³/mol. The van der Waals surface area contributed by atoms with Crippen LogP contribution in [0.5, 0.6) is 0 Å². The Balaban J connectivity index is 1.61. The monoisotopic (exact) mass is 379 g/mol. The molecule has 0 unspecified atom stereocenters. The molecule has 0 bridgehead atoms. The fraction of sp³-hybridized carbons (Fsp3) is 0.278. The van der Waals surface area contributed by atoms with Crippen LogP contribution in [0.3, 0.4) is 0 Å². The number of hydrogen-bond donors (Lipinski definition) is 1. The summed E-state index contributed by atoms with van der Waals surface area (Å²) in [5, 5.41) is 10.2. The van der Waals surface area contributed by atoms with Crippen LogP contribution in [0.25, 0.3) is 11.3 Å². The maximum Gasteiger partial charge on any atom is 0.416 e. The number of aromatic nitrogens is 2. The smallest absolute Gasteiger partial charge is 0.361 e. The van der Waals surface area contributed by atoms with Crippen molar-refractivity contribution < 1.29 is 27.0 Å². The van der Waals surface area contributed by atoms with Crippen LogP contribution < -0.4 is 5.32 Å². The van der Waals surface area contributed by atoms with E-state index in [1.54, 1.807) is 13.8 Å². The highest BCUT2D eigenvalue weighted by molar-refractivity contribution is 5.90. The summed E-state index contributed by atoms with van der Waals surface area (Å²) in [4.78, 5) is 12.1. The van der Waals surface area contributed by atoms with Gasteiger partial charge in [-0.25, -0.2) is 0 Å². The number of benzene rings is 1. The summed E-state index contributed by atoms with van der Waals surface area (Å²) in [6.45, 7) is 3.58. The molecule has 9 heteroatoms. The van der Waals surface area contributed by atoms with Gasteiger partial charge in [0, 0.05) is 23.6 Å². The van der Waals surface area contributed by atoms with Gasteiger partial charge in [-0.05, 0) is 32.4 Å². The van der Waals surface area contributed by atoms with Crippen molar-refractivity contribution in [3.63, 3.8) is 0 Å². The maximum atomic E-state index is 12.6. The number of rotatable bonds is 5. The quantitative estimate of drug-likeness (QED) is 0.704. The third-order valence-corrected chi connectivity index (χ3v) is 4.06. The average molecular weight is 379 g/mol. The molecule has 0 atom stereocenters. The van der Waals surface area contributed by atoms with Gasteiger partial charge >= 0.3 is 6.18 Å². The maximum absolute atomic E-state index is 12.6. The number of anilines is 1. The SMILES string of the molecule is Cc1noc(C)c1CCC(=O)Nc1cc(-c2ccc(C(F)(F)F)cc2)no1. The third-order valence-electron chi connectivity index (χ3n) is 4.06. The largest absolute Gasteiger partial charge is 0.416 e. The minimum Gasteiger partial charge on any atom is -0.361 e. The Morgan fingerprint density at radius 2 is 1.81 bits per heavy atom. The van der Waals surface area contributed by atoms with E-state index in [9.17, 15) is 18.0 Å². The van der Waals surface area contributed by atoms with Gasteiger partial charge in [-0.2, -0.15) is 13.2 Å². The van der Waals surface area contributed by atoms with E-state index in [1.165, 1.54) is 18.2 Å². The number of nitrogens with one attached hydrogen (secondary N) is 1. The zero-order valence-corrected chi connectivity index (χ0v) is 14.6. The minimum absolute atomic E-state index is 0.119. The van der Waals surface area contributed by atoms with Gasteiger partial charge in [0.05, 0.1) is 11.3 Å². The van der Waals surface area contributed by atoms with Crippen molar-refractivity contribution in [2.45, 2.75) is 32.9 Å². The number of alkyl halides is 3. The summed E-state index contributed by atoms with van der Waals surface area (Å²) in [7, 11) is 0. The molecule has 0 saturated carbocycles. The van der Waals surface area contributed by atoms with Gasteiger partial charge in [-0.3, -0.25) is 10.1 Å². The van der Waals surface area contributed by atoms with Crippen LogP contribution in [-0.4, -0.2) is 16.2 Å². The summed E-state index contributed by atoms with van der Waals surface area (Å²) in [5.41, 5.74) is 1.65. The zero-order valence-electron chi connectivity index (χ0n) is 14.6. The summed E-state index contributed by atoms with van der Waals surface area (Å²) in [6, 6.07) is 5.97. The van der Waals surface area contributed by atoms with Crippen molar-refractivity contribution in [3.05, 3.63) is 52.9 Å². The van der Waals surface area contributed by atoms with Crippen molar-refractivity contribution in [1.29, 1.82) is 0 Å². The van der Waals surface area contributed by atoms with Gasteiger partial charge in [-0.1, -0.05) is 22.4 Å². The first-order valence-electron chi connectivity index (χ1n) is 8.10. The van der Waals surface area contributed by atoms with Gasteiger partial charge in [0.2, 0.25) is 11.8 Å². The van der Waals surface area contributed by atoms with E-state index in [2.05, 4.69) is 15.6 Å². The van der Waals surface area contributed by atoms with Crippen molar-refractivity contribution in [2.24, 2.45) is 0 Å². The lowest BCUT2D eigenvalue weighted by atomic mass is 10.1. The lowest BCUT2D eigenvalue weighted by molar-refractivity contribution is -0.137. The second-order valence-electron chi connectivity index (χ2n) is 6.00. The van der Waals surface area contributed by atoms with E-state index in [0.717, 1.165) is 23.4 Å². The van der Waals surface area contributed by atoms with E-state index in [1.807, 2.05) is 0 Å². The standard InChI is InChI=1S/C18H16F3N3O3/c1-10-14(11(2)26-23-10)7-8-16(25)22-17-9-15(24-27-17)12-3-5-13(6-4-12)18(19,20)21/h3-6,9H,7-8H2,1-2H3,(H,22,25). The van der Waals surface area contributed by atoms with E-state index in [-0.39, 0.29) is 18.2 Å². The van der Waals surface area contributed by atoms with Gasteiger partial charge in [0.1, 0.15) is 11.5 Å². The fourth-order valence-electron chi connectivity index (χ4n) is 2.60. The van der Waals surface area contributed by atoms with Crippen molar-refractivity contribution in [2.75, 3.05) is 5.32 Å². The Bertz CT molecular complexity index is 923. The lowest BCUT2D eigenvalue weighted by Gasteiger charge is -2.06. The lowest BCUT2D eigenvalue weighted by Crippen LogP contribution is -2.12. The minimum atomic E-state index is -4.40. The topological polar surface area (TPSA) is 81.2 Å². The van der Waals surface area contributed by atoms with Crippen LogP contribution in [0, 0.1) is 13.8 Å². The highest BCUT2D eigenvalue weighted by Gasteiger charge is 2.30. The molecule has 6 nitrogen and oxygen atoms in total. The molecule has 0 radical (unpaired) electrons. The number of hydrogen-bond acceptors (Lipinski definition) is 5. The summed E-state index contributed by atoms with van der Waals surface area (Å²) in [6.07, 6.45) is -3.74. The van der Waals surface area contributed by atoms with Gasteiger partial charge < -0.3 is 9.05 Å². The second-order valence-corrected chi connectivity index (χ2v) is 6.00. The Hall–Kier alpha value is -3.10. The predicted octanol–water partition coefficient (Wildman–Crippen LogP) is 4.54. The highest BCUT2D eigenvalue weighted by atomic mass is 19.4. The normalized spacial score (nSPS) is 11.6. The highest BCUT2D eigenvalue weighted by Crippen LogP contribution is 2.31. The van der Waals surface area contributed by atoms with Crippen LogP contribution in [0.1, 0.15) is 29.0 Å². The molecule has 0 spiro atoms. The molecule has 0 aliphatic heterocycles. The van der Waals surface area contributed by atoms with Crippen LogP contribution in [0.4, 0.5) is 19.1 Å².